The Bertz CT molecular complexity index is 662. The second kappa shape index (κ2) is 18.3. The predicted octanol–water partition coefficient (Wildman–Crippen LogP) is 6.27. The Morgan fingerprint density at radius 3 is 1.56 bits per heavy atom. The molecule has 2 unspecified atom stereocenters. The van der Waals surface area contributed by atoms with Gasteiger partial charge in [0, 0.05) is 6.42 Å². The Morgan fingerprint density at radius 1 is 0.694 bits per heavy atom. The van der Waals surface area contributed by atoms with Crippen molar-refractivity contribution in [3.63, 3.8) is 0 Å². The summed E-state index contributed by atoms with van der Waals surface area (Å²) in [5.41, 5.74) is -4.95. The van der Waals surface area contributed by atoms with Crippen LogP contribution in [0.1, 0.15) is 137 Å². The van der Waals surface area contributed by atoms with Crippen molar-refractivity contribution >= 4 is 23.9 Å². The molecule has 0 fully saturated rings. The lowest BCUT2D eigenvalue weighted by Gasteiger charge is -2.45. The summed E-state index contributed by atoms with van der Waals surface area (Å²) in [5, 5.41) is 32.4. The van der Waals surface area contributed by atoms with Crippen LogP contribution < -0.4 is 0 Å². The number of aliphatic carboxylic acids is 2. The van der Waals surface area contributed by atoms with E-state index in [1.807, 2.05) is 20.8 Å². The number of carbonyl (C=O) groups excluding carboxylic acids is 2. The van der Waals surface area contributed by atoms with E-state index < -0.39 is 40.8 Å². The molecule has 0 heterocycles. The summed E-state index contributed by atoms with van der Waals surface area (Å²) < 4.78 is 5.15. The van der Waals surface area contributed by atoms with Gasteiger partial charge in [-0.05, 0) is 25.7 Å². The van der Waals surface area contributed by atoms with Crippen LogP contribution in [0.4, 0.5) is 0 Å². The molecule has 8 nitrogen and oxygen atoms in total. The maximum Gasteiger partial charge on any atom is 0.337 e. The van der Waals surface area contributed by atoms with Gasteiger partial charge in [0.05, 0.1) is 5.92 Å². The molecule has 2 atom stereocenters. The van der Waals surface area contributed by atoms with Gasteiger partial charge in [-0.3, -0.25) is 14.4 Å². The highest BCUT2D eigenvalue weighted by molar-refractivity contribution is 5.97. The highest BCUT2D eigenvalue weighted by atomic mass is 16.6. The fourth-order valence-electron chi connectivity index (χ4n) is 5.00. The molecule has 0 aliphatic carbocycles. The highest BCUT2D eigenvalue weighted by Gasteiger charge is 2.66. The standard InChI is InChI=1S/C28H50O8/c1-5-9-12-15-19-22(24(30)31)28(35,25(32)33)27(20-16-13-10-6-2,21-17-14-11-7-3)26(34)36-23(29)18-8-4/h22,35H,5-21H2,1-4H3,(H,30,31)(H,32,33). The lowest BCUT2D eigenvalue weighted by Crippen LogP contribution is -2.64. The van der Waals surface area contributed by atoms with E-state index in [0.29, 0.717) is 44.9 Å². The number of carbonyl (C=O) groups is 4. The van der Waals surface area contributed by atoms with Crippen LogP contribution in [0.3, 0.4) is 0 Å². The van der Waals surface area contributed by atoms with E-state index in [2.05, 4.69) is 0 Å². The summed E-state index contributed by atoms with van der Waals surface area (Å²) in [6, 6.07) is 0. The molecule has 0 aliphatic heterocycles. The molecule has 0 amide bonds. The molecule has 0 aliphatic rings. The van der Waals surface area contributed by atoms with Crippen molar-refractivity contribution in [1.29, 1.82) is 0 Å². The number of ether oxygens (including phenoxy) is 1. The van der Waals surface area contributed by atoms with E-state index in [1.165, 1.54) is 0 Å². The van der Waals surface area contributed by atoms with Gasteiger partial charge in [-0.1, -0.05) is 105 Å². The van der Waals surface area contributed by atoms with Crippen molar-refractivity contribution in [3.8, 4) is 0 Å². The van der Waals surface area contributed by atoms with Crippen molar-refractivity contribution < 1.29 is 39.2 Å². The van der Waals surface area contributed by atoms with Crippen molar-refractivity contribution in [2.75, 3.05) is 0 Å². The van der Waals surface area contributed by atoms with Crippen LogP contribution in [-0.4, -0.2) is 44.8 Å². The molecule has 36 heavy (non-hydrogen) atoms. The van der Waals surface area contributed by atoms with E-state index in [0.717, 1.165) is 38.5 Å². The van der Waals surface area contributed by atoms with Crippen LogP contribution >= 0.6 is 0 Å². The monoisotopic (exact) mass is 514 g/mol. The quantitative estimate of drug-likeness (QED) is 0.0872. The maximum absolute atomic E-state index is 13.7. The highest BCUT2D eigenvalue weighted by Crippen LogP contribution is 2.49. The van der Waals surface area contributed by atoms with Gasteiger partial charge in [0.25, 0.3) is 0 Å². The first-order chi connectivity index (χ1) is 17.1. The first kappa shape index (κ1) is 34.0. The number of carboxylic acids is 2. The smallest absolute Gasteiger partial charge is 0.337 e. The summed E-state index contributed by atoms with van der Waals surface area (Å²) in [4.78, 5) is 51.2. The molecular weight excluding hydrogens is 464 g/mol. The second-order valence-electron chi connectivity index (χ2n) is 10.0. The first-order valence-electron chi connectivity index (χ1n) is 14.0. The molecule has 0 bridgehead atoms. The third kappa shape index (κ3) is 9.83. The SMILES string of the molecule is CCCCCCC(C(=O)O)C(O)(C(=O)O)C(CCCCCC)(CCCCCC)C(=O)OC(=O)CCC. The predicted molar refractivity (Wildman–Crippen MR) is 138 cm³/mol. The minimum absolute atomic E-state index is 0.0294. The topological polar surface area (TPSA) is 138 Å². The molecule has 0 spiro atoms. The number of esters is 2. The summed E-state index contributed by atoms with van der Waals surface area (Å²) in [6.07, 6.45) is 8.77. The number of hydrogen-bond acceptors (Lipinski definition) is 6. The van der Waals surface area contributed by atoms with Crippen LogP contribution in [0.5, 0.6) is 0 Å². The molecule has 0 saturated heterocycles. The third-order valence-electron chi connectivity index (χ3n) is 7.17. The van der Waals surface area contributed by atoms with E-state index in [4.69, 9.17) is 4.74 Å². The molecule has 0 aromatic carbocycles. The van der Waals surface area contributed by atoms with Crippen LogP contribution in [0, 0.1) is 11.3 Å². The molecular formula is C28H50O8. The van der Waals surface area contributed by atoms with E-state index in [1.54, 1.807) is 6.92 Å². The fourth-order valence-corrected chi connectivity index (χ4v) is 5.00. The minimum Gasteiger partial charge on any atom is -0.481 e. The van der Waals surface area contributed by atoms with Gasteiger partial charge < -0.3 is 20.1 Å². The Labute approximate surface area is 217 Å². The Kier molecular flexibility index (Phi) is 17.3. The van der Waals surface area contributed by atoms with Crippen molar-refractivity contribution in [2.45, 2.75) is 142 Å². The van der Waals surface area contributed by atoms with Crippen molar-refractivity contribution in [2.24, 2.45) is 11.3 Å². The average Bonchev–Trinajstić information content (AvgIpc) is 2.82. The Balaban J connectivity index is 6.69. The van der Waals surface area contributed by atoms with Gasteiger partial charge in [0.15, 0.2) is 5.60 Å². The van der Waals surface area contributed by atoms with E-state index in [9.17, 15) is 34.5 Å². The number of unbranched alkanes of at least 4 members (excludes halogenated alkanes) is 9. The molecule has 0 rings (SSSR count). The second-order valence-corrected chi connectivity index (χ2v) is 10.0. The summed E-state index contributed by atoms with van der Waals surface area (Å²) in [5.74, 6) is -6.83. The average molecular weight is 515 g/mol. The van der Waals surface area contributed by atoms with Gasteiger partial charge in [-0.2, -0.15) is 0 Å². The normalized spacial score (nSPS) is 14.1. The number of aliphatic hydroxyl groups is 1. The zero-order valence-corrected chi connectivity index (χ0v) is 23.0. The van der Waals surface area contributed by atoms with E-state index in [-0.39, 0.29) is 25.7 Å². The number of carboxylic acid groups (broad SMARTS) is 2. The first-order valence-corrected chi connectivity index (χ1v) is 14.0. The molecule has 0 aromatic rings. The molecule has 0 saturated carbocycles. The van der Waals surface area contributed by atoms with Crippen LogP contribution in [-0.2, 0) is 23.9 Å². The molecule has 8 heteroatoms. The largest absolute Gasteiger partial charge is 0.481 e. The van der Waals surface area contributed by atoms with Gasteiger partial charge in [-0.25, -0.2) is 4.79 Å². The van der Waals surface area contributed by atoms with Crippen molar-refractivity contribution in [3.05, 3.63) is 0 Å². The van der Waals surface area contributed by atoms with E-state index >= 15 is 0 Å². The molecule has 3 N–H and O–H groups in total. The third-order valence-corrected chi connectivity index (χ3v) is 7.17. The lowest BCUT2D eigenvalue weighted by atomic mass is 9.59. The van der Waals surface area contributed by atoms with Crippen LogP contribution in [0.15, 0.2) is 0 Å². The molecule has 210 valence electrons. The Morgan fingerprint density at radius 2 is 1.17 bits per heavy atom. The number of hydrogen-bond donors (Lipinski definition) is 3. The summed E-state index contributed by atoms with van der Waals surface area (Å²) in [7, 11) is 0. The van der Waals surface area contributed by atoms with Gasteiger partial charge >= 0.3 is 23.9 Å². The summed E-state index contributed by atoms with van der Waals surface area (Å²) >= 11 is 0. The molecule has 0 radical (unpaired) electrons. The van der Waals surface area contributed by atoms with Gasteiger partial charge in [-0.15, -0.1) is 0 Å². The maximum atomic E-state index is 13.7. The van der Waals surface area contributed by atoms with Gasteiger partial charge in [0.2, 0.25) is 0 Å². The fraction of sp³-hybridized carbons (Fsp3) is 0.857. The van der Waals surface area contributed by atoms with Crippen molar-refractivity contribution in [1.82, 2.24) is 0 Å². The number of rotatable bonds is 22. The van der Waals surface area contributed by atoms with Crippen LogP contribution in [0.2, 0.25) is 0 Å². The Hall–Kier alpha value is -1.96. The lowest BCUT2D eigenvalue weighted by molar-refractivity contribution is -0.210. The summed E-state index contributed by atoms with van der Waals surface area (Å²) in [6.45, 7) is 7.78. The zero-order chi connectivity index (χ0) is 27.6. The minimum atomic E-state index is -2.91. The van der Waals surface area contributed by atoms with Gasteiger partial charge in [0.1, 0.15) is 5.41 Å². The zero-order valence-electron chi connectivity index (χ0n) is 23.0. The molecule has 0 aromatic heterocycles. The van der Waals surface area contributed by atoms with Crippen LogP contribution in [0.25, 0.3) is 0 Å².